The van der Waals surface area contributed by atoms with Gasteiger partial charge in [0.2, 0.25) is 0 Å². The number of allylic oxidation sites excluding steroid dienone is 30. The predicted octanol–water partition coefficient (Wildman–Crippen LogP) is 25.1. The number of carbonyl (C=O) groups is 4. The van der Waals surface area contributed by atoms with Crippen LogP contribution in [0.5, 0.6) is 0 Å². The minimum atomic E-state index is -5.01. The predicted molar refractivity (Wildman–Crippen MR) is 454 cm³/mol. The van der Waals surface area contributed by atoms with E-state index in [9.17, 15) is 43.2 Å². The minimum Gasteiger partial charge on any atom is -0.462 e. The van der Waals surface area contributed by atoms with E-state index >= 15 is 0 Å². The minimum absolute atomic E-state index is 0.0636. The number of aliphatic hydroxyl groups is 1. The zero-order chi connectivity index (χ0) is 80.3. The van der Waals surface area contributed by atoms with Gasteiger partial charge in [0, 0.05) is 25.7 Å². The van der Waals surface area contributed by atoms with Crippen LogP contribution < -0.4 is 0 Å². The number of hydrogen-bond donors (Lipinski definition) is 3. The van der Waals surface area contributed by atoms with Gasteiger partial charge < -0.3 is 33.8 Å². The summed E-state index contributed by atoms with van der Waals surface area (Å²) in [4.78, 5) is 73.2. The highest BCUT2D eigenvalue weighted by Gasteiger charge is 2.30. The molecule has 0 aliphatic carbocycles. The molecule has 0 saturated carbocycles. The second-order valence-corrected chi connectivity index (χ2v) is 30.2. The Bertz CT molecular complexity index is 2800. The largest absolute Gasteiger partial charge is 0.472 e. The number of phosphoric acid groups is 2. The Kier molecular flexibility index (Phi) is 76.9. The average molecular weight is 1580 g/mol. The summed E-state index contributed by atoms with van der Waals surface area (Å²) >= 11 is 0. The summed E-state index contributed by atoms with van der Waals surface area (Å²) in [6, 6.07) is 0. The lowest BCUT2D eigenvalue weighted by Gasteiger charge is -2.21. The van der Waals surface area contributed by atoms with E-state index in [1.165, 1.54) is 19.3 Å². The highest BCUT2D eigenvalue weighted by Crippen LogP contribution is 2.45. The third-order valence-corrected chi connectivity index (χ3v) is 18.7. The van der Waals surface area contributed by atoms with E-state index in [0.717, 1.165) is 212 Å². The van der Waals surface area contributed by atoms with Crippen LogP contribution in [0, 0.1) is 0 Å². The molecule has 0 aromatic carbocycles. The number of aliphatic hydroxyl groups excluding tert-OH is 1. The van der Waals surface area contributed by atoms with E-state index in [1.807, 2.05) is 0 Å². The third-order valence-electron chi connectivity index (χ3n) is 16.8. The highest BCUT2D eigenvalue weighted by atomic mass is 31.2. The topological polar surface area (TPSA) is 237 Å². The molecule has 0 amide bonds. The molecule has 0 bridgehead atoms. The first-order chi connectivity index (χ1) is 53.7. The monoisotopic (exact) mass is 1580 g/mol. The normalized spacial score (nSPS) is 14.7. The van der Waals surface area contributed by atoms with Crippen molar-refractivity contribution in [2.45, 2.75) is 329 Å². The van der Waals surface area contributed by atoms with Gasteiger partial charge in [0.25, 0.3) is 0 Å². The molecule has 0 spiro atoms. The molecule has 0 aliphatic rings. The molecule has 5 unspecified atom stereocenters. The van der Waals surface area contributed by atoms with Crippen molar-refractivity contribution in [3.8, 4) is 0 Å². The first kappa shape index (κ1) is 104. The Balaban J connectivity index is 5.47. The zero-order valence-corrected chi connectivity index (χ0v) is 70.1. The summed E-state index contributed by atoms with van der Waals surface area (Å²) in [5.74, 6) is -2.29. The summed E-state index contributed by atoms with van der Waals surface area (Å²) in [5, 5.41) is 10.7. The average Bonchev–Trinajstić information content (AvgIpc) is 0.942. The van der Waals surface area contributed by atoms with Gasteiger partial charge in [-0.15, -0.1) is 0 Å². The van der Waals surface area contributed by atoms with E-state index in [0.29, 0.717) is 25.7 Å². The maximum atomic E-state index is 13.1. The van der Waals surface area contributed by atoms with Crippen molar-refractivity contribution in [3.05, 3.63) is 182 Å². The van der Waals surface area contributed by atoms with Crippen molar-refractivity contribution < 1.29 is 80.2 Å². The second-order valence-electron chi connectivity index (χ2n) is 27.3. The lowest BCUT2D eigenvalue weighted by Crippen LogP contribution is -2.30. The van der Waals surface area contributed by atoms with E-state index in [-0.39, 0.29) is 25.7 Å². The first-order valence-electron chi connectivity index (χ1n) is 42.0. The van der Waals surface area contributed by atoms with Gasteiger partial charge >= 0.3 is 39.5 Å². The first-order valence-corrected chi connectivity index (χ1v) is 45.0. The Hall–Kier alpha value is -5.84. The fourth-order valence-corrected chi connectivity index (χ4v) is 12.1. The molecule has 0 aromatic rings. The molecule has 0 radical (unpaired) electrons. The summed E-state index contributed by atoms with van der Waals surface area (Å²) in [6.45, 7) is 4.45. The maximum absolute atomic E-state index is 13.1. The zero-order valence-electron chi connectivity index (χ0n) is 68.4. The van der Waals surface area contributed by atoms with E-state index in [4.69, 9.17) is 37.0 Å². The molecular weight excluding hydrogens is 1430 g/mol. The van der Waals surface area contributed by atoms with Gasteiger partial charge in [-0.1, -0.05) is 287 Å². The van der Waals surface area contributed by atoms with Gasteiger partial charge in [0.15, 0.2) is 12.2 Å². The van der Waals surface area contributed by atoms with E-state index in [2.05, 4.69) is 210 Å². The van der Waals surface area contributed by atoms with Crippen LogP contribution in [0.25, 0.3) is 0 Å². The molecule has 0 aromatic heterocycles. The highest BCUT2D eigenvalue weighted by molar-refractivity contribution is 7.47. The van der Waals surface area contributed by atoms with Crippen molar-refractivity contribution in [3.63, 3.8) is 0 Å². The quantitative estimate of drug-likeness (QED) is 0.0169. The number of ether oxygens (including phenoxy) is 4. The van der Waals surface area contributed by atoms with Gasteiger partial charge in [0.1, 0.15) is 19.3 Å². The van der Waals surface area contributed by atoms with Crippen LogP contribution in [0.3, 0.4) is 0 Å². The van der Waals surface area contributed by atoms with E-state index < -0.39 is 97.5 Å². The fourth-order valence-electron chi connectivity index (χ4n) is 10.5. The Morgan fingerprint density at radius 1 is 0.264 bits per heavy atom. The number of rotatable bonds is 77. The van der Waals surface area contributed by atoms with Crippen LogP contribution in [0.15, 0.2) is 182 Å². The van der Waals surface area contributed by atoms with Crippen LogP contribution in [0.1, 0.15) is 310 Å². The smallest absolute Gasteiger partial charge is 0.462 e. The lowest BCUT2D eigenvalue weighted by molar-refractivity contribution is -0.161. The van der Waals surface area contributed by atoms with Gasteiger partial charge in [0.05, 0.1) is 26.4 Å². The molecule has 3 N–H and O–H groups in total. The van der Waals surface area contributed by atoms with Crippen LogP contribution >= 0.6 is 15.6 Å². The Labute approximate surface area is 666 Å². The van der Waals surface area contributed by atoms with Crippen LogP contribution in [0.4, 0.5) is 0 Å². The van der Waals surface area contributed by atoms with Crippen molar-refractivity contribution in [2.24, 2.45) is 0 Å². The number of hydrogen-bond acceptors (Lipinski definition) is 15. The van der Waals surface area contributed by atoms with Gasteiger partial charge in [-0.05, 0) is 180 Å². The lowest BCUT2D eigenvalue weighted by atomic mass is 10.1. The number of esters is 4. The Morgan fingerprint density at radius 2 is 0.491 bits per heavy atom. The van der Waals surface area contributed by atoms with Gasteiger partial charge in [-0.2, -0.15) is 0 Å². The van der Waals surface area contributed by atoms with Crippen LogP contribution in [0.2, 0.25) is 0 Å². The molecule has 5 atom stereocenters. The third kappa shape index (κ3) is 80.2. The molecule has 19 heteroatoms. The molecule has 17 nitrogen and oxygen atoms in total. The standard InChI is InChI=1S/C91H148O17P2/c1-5-9-13-17-21-25-29-33-36-39-42-45-48-52-55-59-63-67-71-75-88(93)101-81-86(107-90(95)77-73-69-65-61-57-51-32-28-24-20-16-12-8-4)83-105-109(97,98)103-79-85(92)80-104-110(99,100)106-84-87(108-91(96)78-74-70-66-62-58-54-50-47-44-41-38-35-31-27-23-19-15-11-7-3)82-102-89(94)76-72-68-64-60-56-53-49-46-43-40-37-34-30-26-22-18-14-10-6-2/h9-10,13-14,16,20-23,25-28,32-38,42-47,52-53,55-56,85-87,92H,5-8,11-12,15,17-19,24,29-31,39-41,48-51,54,57-84H2,1-4H3,(H,97,98)(H,99,100)/b13-9-,14-10-,20-16-,25-21-,26-22-,27-23-,32-28-,36-33-,37-34-,38-35-,45-42-,46-43-,47-44-,55-52-,56-53-. The van der Waals surface area contributed by atoms with Crippen LogP contribution in [-0.2, 0) is 65.4 Å². The number of carbonyl (C=O) groups excluding carboxylic acids is 4. The molecule has 0 fully saturated rings. The van der Waals surface area contributed by atoms with Gasteiger partial charge in [-0.3, -0.25) is 37.3 Å². The van der Waals surface area contributed by atoms with Crippen molar-refractivity contribution in [1.29, 1.82) is 0 Å². The molecule has 0 rings (SSSR count). The maximum Gasteiger partial charge on any atom is 0.472 e. The van der Waals surface area contributed by atoms with E-state index in [1.54, 1.807) is 0 Å². The van der Waals surface area contributed by atoms with Gasteiger partial charge in [-0.25, -0.2) is 9.13 Å². The summed E-state index contributed by atoms with van der Waals surface area (Å²) in [5.41, 5.74) is 0. The summed E-state index contributed by atoms with van der Waals surface area (Å²) < 4.78 is 68.7. The number of phosphoric ester groups is 2. The van der Waals surface area contributed by atoms with Crippen molar-refractivity contribution in [1.82, 2.24) is 0 Å². The molecule has 0 heterocycles. The molecule has 110 heavy (non-hydrogen) atoms. The molecule has 624 valence electrons. The van der Waals surface area contributed by atoms with Crippen LogP contribution in [-0.4, -0.2) is 96.7 Å². The van der Waals surface area contributed by atoms with Crippen molar-refractivity contribution in [2.75, 3.05) is 39.6 Å². The summed E-state index contributed by atoms with van der Waals surface area (Å²) in [6.07, 6.45) is 98.6. The second kappa shape index (κ2) is 81.2. The molecule has 0 saturated heterocycles. The molecular formula is C91H148O17P2. The molecule has 0 aliphatic heterocycles. The Morgan fingerprint density at radius 3 is 0.773 bits per heavy atom. The van der Waals surface area contributed by atoms with Crippen molar-refractivity contribution >= 4 is 39.5 Å². The summed E-state index contributed by atoms with van der Waals surface area (Å²) in [7, 11) is -10.0. The SMILES string of the molecule is CC/C=C\C/C=C\C/C=C\C/C=C\C/C=C\CCCCCC(=O)OCC(COP(=O)(O)OCC(O)COP(=O)(O)OCC(COC(=O)CCCCC/C=C\C/C=C\C/C=C\C/C=C\C/C=C\CC)OC(=O)CCCCCCCC/C=C\C/C=C\C/C=C\CCCCC)OC(=O)CCCCCCC/C=C\C/C=C\CCC. The fraction of sp³-hybridized carbons (Fsp3) is 0.626. The number of unbranched alkanes of at least 4 members (excludes halogenated alkanes) is 21.